The molecule has 3 heterocycles. The van der Waals surface area contributed by atoms with E-state index in [1.165, 1.54) is 10.0 Å². The van der Waals surface area contributed by atoms with Crippen LogP contribution in [-0.4, -0.2) is 55.7 Å². The van der Waals surface area contributed by atoms with Crippen LogP contribution in [0, 0.1) is 0 Å². The second-order valence-electron chi connectivity index (χ2n) is 5.22. The van der Waals surface area contributed by atoms with Crippen LogP contribution in [0.1, 0.15) is 4.88 Å². The molecule has 0 radical (unpaired) electrons. The fraction of sp³-hybridized carbons (Fsp3) is 0.533. The van der Waals surface area contributed by atoms with Gasteiger partial charge in [-0.2, -0.15) is 0 Å². The molecule has 2 aromatic heterocycles. The lowest BCUT2D eigenvalue weighted by Gasteiger charge is -2.34. The van der Waals surface area contributed by atoms with E-state index in [4.69, 9.17) is 0 Å². The number of piperazine rings is 1. The Hall–Kier alpha value is -0.950. The third-order valence-corrected chi connectivity index (χ3v) is 5.56. The van der Waals surface area contributed by atoms with Crippen molar-refractivity contribution in [1.82, 2.24) is 15.2 Å². The van der Waals surface area contributed by atoms with Crippen LogP contribution in [0.4, 0.5) is 5.13 Å². The molecule has 2 aromatic rings. The topological polar surface area (TPSA) is 31.4 Å². The Kier molecular flexibility index (Phi) is 5.62. The lowest BCUT2D eigenvalue weighted by molar-refractivity contribution is 0.258. The van der Waals surface area contributed by atoms with Crippen LogP contribution < -0.4 is 10.2 Å². The highest BCUT2D eigenvalue weighted by Crippen LogP contribution is 2.18. The van der Waals surface area contributed by atoms with E-state index < -0.39 is 0 Å². The van der Waals surface area contributed by atoms with Crippen LogP contribution in [0.25, 0.3) is 0 Å². The molecule has 1 fully saturated rings. The zero-order valence-electron chi connectivity index (χ0n) is 12.2. The Morgan fingerprint density at radius 2 is 2.00 bits per heavy atom. The predicted octanol–water partition coefficient (Wildman–Crippen LogP) is 2.16. The smallest absolute Gasteiger partial charge is 0.185 e. The third kappa shape index (κ3) is 4.51. The molecule has 1 aliphatic rings. The summed E-state index contributed by atoms with van der Waals surface area (Å²) in [5, 5.41) is 8.93. The molecule has 0 bridgehead atoms. The molecule has 1 aliphatic heterocycles. The summed E-state index contributed by atoms with van der Waals surface area (Å²) in [5.41, 5.74) is 0. The first-order chi connectivity index (χ1) is 10.4. The summed E-state index contributed by atoms with van der Waals surface area (Å²) in [5.74, 6) is 0. The Bertz CT molecular complexity index is 490. The molecule has 6 heteroatoms. The second kappa shape index (κ2) is 7.89. The van der Waals surface area contributed by atoms with E-state index in [9.17, 15) is 0 Å². The van der Waals surface area contributed by atoms with Crippen molar-refractivity contribution in [2.45, 2.75) is 6.42 Å². The third-order valence-electron chi connectivity index (χ3n) is 3.80. The van der Waals surface area contributed by atoms with Crippen LogP contribution in [0.15, 0.2) is 29.1 Å². The van der Waals surface area contributed by atoms with Crippen molar-refractivity contribution in [2.24, 2.45) is 0 Å². The molecule has 0 aliphatic carbocycles. The fourth-order valence-electron chi connectivity index (χ4n) is 2.56. The number of rotatable bonds is 7. The van der Waals surface area contributed by atoms with E-state index in [1.54, 1.807) is 11.3 Å². The van der Waals surface area contributed by atoms with Crippen molar-refractivity contribution in [3.63, 3.8) is 0 Å². The molecular formula is C15H22N4S2. The number of nitrogens with one attached hydrogen (secondary N) is 1. The highest BCUT2D eigenvalue weighted by molar-refractivity contribution is 7.13. The van der Waals surface area contributed by atoms with Crippen molar-refractivity contribution in [1.29, 1.82) is 0 Å². The largest absolute Gasteiger partial charge is 0.346 e. The van der Waals surface area contributed by atoms with E-state index in [0.29, 0.717) is 0 Å². The number of thiophene rings is 1. The summed E-state index contributed by atoms with van der Waals surface area (Å²) < 4.78 is 0. The molecule has 0 amide bonds. The molecule has 1 saturated heterocycles. The van der Waals surface area contributed by atoms with E-state index in [0.717, 1.165) is 52.2 Å². The number of anilines is 1. The molecule has 1 N–H and O–H groups in total. The summed E-state index contributed by atoms with van der Waals surface area (Å²) >= 11 is 3.59. The molecular weight excluding hydrogens is 300 g/mol. The summed E-state index contributed by atoms with van der Waals surface area (Å²) in [4.78, 5) is 10.8. The number of nitrogens with zero attached hydrogens (tertiary/aromatic N) is 3. The predicted molar refractivity (Wildman–Crippen MR) is 91.7 cm³/mol. The molecule has 4 nitrogen and oxygen atoms in total. The standard InChI is InChI=1S/C15H22N4S2/c1-2-14(20-12-1)3-4-16-5-7-18-8-10-19(11-9-18)15-17-6-13-21-15/h1-2,6,12-13,16H,3-5,7-11H2. The van der Waals surface area contributed by atoms with Gasteiger partial charge in [0.2, 0.25) is 0 Å². The minimum Gasteiger partial charge on any atom is -0.346 e. The summed E-state index contributed by atoms with van der Waals surface area (Å²) in [6.45, 7) is 7.81. The average Bonchev–Trinajstić information content (AvgIpc) is 3.21. The van der Waals surface area contributed by atoms with Gasteiger partial charge in [-0.15, -0.1) is 22.7 Å². The molecule has 0 aromatic carbocycles. The summed E-state index contributed by atoms with van der Waals surface area (Å²) in [6.07, 6.45) is 3.04. The lowest BCUT2D eigenvalue weighted by Crippen LogP contribution is -2.48. The van der Waals surface area contributed by atoms with Gasteiger partial charge in [0, 0.05) is 62.3 Å². The van der Waals surface area contributed by atoms with Gasteiger partial charge in [0.05, 0.1) is 0 Å². The van der Waals surface area contributed by atoms with Gasteiger partial charge in [0.25, 0.3) is 0 Å². The van der Waals surface area contributed by atoms with E-state index in [-0.39, 0.29) is 0 Å². The minimum atomic E-state index is 1.08. The highest BCUT2D eigenvalue weighted by atomic mass is 32.1. The molecule has 0 saturated carbocycles. The zero-order chi connectivity index (χ0) is 14.3. The van der Waals surface area contributed by atoms with Crippen molar-refractivity contribution in [3.05, 3.63) is 34.0 Å². The Labute approximate surface area is 134 Å². The second-order valence-corrected chi connectivity index (χ2v) is 7.13. The van der Waals surface area contributed by atoms with Gasteiger partial charge in [-0.25, -0.2) is 4.98 Å². The van der Waals surface area contributed by atoms with Crippen molar-refractivity contribution >= 4 is 27.8 Å². The minimum absolute atomic E-state index is 1.08. The van der Waals surface area contributed by atoms with Crippen LogP contribution >= 0.6 is 22.7 Å². The van der Waals surface area contributed by atoms with E-state index in [1.807, 2.05) is 17.5 Å². The van der Waals surface area contributed by atoms with Crippen LogP contribution in [0.3, 0.4) is 0 Å². The first-order valence-electron chi connectivity index (χ1n) is 7.52. The first-order valence-corrected chi connectivity index (χ1v) is 9.27. The van der Waals surface area contributed by atoms with Gasteiger partial charge < -0.3 is 10.2 Å². The average molecular weight is 323 g/mol. The van der Waals surface area contributed by atoms with Crippen LogP contribution in [0.5, 0.6) is 0 Å². The molecule has 0 atom stereocenters. The molecule has 3 rings (SSSR count). The Morgan fingerprint density at radius 3 is 2.71 bits per heavy atom. The first kappa shape index (κ1) is 15.0. The van der Waals surface area contributed by atoms with Gasteiger partial charge in [-0.1, -0.05) is 6.07 Å². The fourth-order valence-corrected chi connectivity index (χ4v) is 3.97. The SMILES string of the molecule is c1csc(CCNCCN2CCN(c3nccs3)CC2)c1. The summed E-state index contributed by atoms with van der Waals surface area (Å²) in [6, 6.07) is 4.34. The maximum Gasteiger partial charge on any atom is 0.185 e. The number of aromatic nitrogens is 1. The lowest BCUT2D eigenvalue weighted by atomic mass is 10.3. The highest BCUT2D eigenvalue weighted by Gasteiger charge is 2.17. The number of hydrogen-bond donors (Lipinski definition) is 1. The Morgan fingerprint density at radius 1 is 1.10 bits per heavy atom. The van der Waals surface area contributed by atoms with Crippen LogP contribution in [-0.2, 0) is 6.42 Å². The van der Waals surface area contributed by atoms with Crippen molar-refractivity contribution < 1.29 is 0 Å². The maximum atomic E-state index is 4.39. The van der Waals surface area contributed by atoms with Crippen LogP contribution in [0.2, 0.25) is 0 Å². The van der Waals surface area contributed by atoms with Gasteiger partial charge in [0.15, 0.2) is 5.13 Å². The van der Waals surface area contributed by atoms with E-state index >= 15 is 0 Å². The molecule has 0 unspecified atom stereocenters. The maximum absolute atomic E-state index is 4.39. The van der Waals surface area contributed by atoms with Crippen molar-refractivity contribution in [3.8, 4) is 0 Å². The molecule has 0 spiro atoms. The normalized spacial score (nSPS) is 16.5. The Balaban J connectivity index is 1.27. The molecule has 114 valence electrons. The quantitative estimate of drug-likeness (QED) is 0.792. The monoisotopic (exact) mass is 322 g/mol. The van der Waals surface area contributed by atoms with E-state index in [2.05, 4.69) is 43.0 Å². The summed E-state index contributed by atoms with van der Waals surface area (Å²) in [7, 11) is 0. The number of thiazole rings is 1. The van der Waals surface area contributed by atoms with Gasteiger partial charge in [-0.05, 0) is 17.9 Å². The molecule has 21 heavy (non-hydrogen) atoms. The van der Waals surface area contributed by atoms with Gasteiger partial charge in [-0.3, -0.25) is 4.90 Å². The van der Waals surface area contributed by atoms with Crippen molar-refractivity contribution in [2.75, 3.05) is 50.7 Å². The zero-order valence-corrected chi connectivity index (χ0v) is 13.8. The van der Waals surface area contributed by atoms with Gasteiger partial charge >= 0.3 is 0 Å². The van der Waals surface area contributed by atoms with Gasteiger partial charge in [0.1, 0.15) is 0 Å². The number of hydrogen-bond acceptors (Lipinski definition) is 6.